The Labute approximate surface area is 91.9 Å². The predicted molar refractivity (Wildman–Crippen MR) is 53.5 cm³/mol. The Bertz CT molecular complexity index is 393. The predicted octanol–water partition coefficient (Wildman–Crippen LogP) is 2.55. The van der Waals surface area contributed by atoms with Crippen LogP contribution in [0.2, 0.25) is 0 Å². The normalized spacial score (nSPS) is 11.5. The topological polar surface area (TPSA) is 27.0 Å². The fourth-order valence-corrected chi connectivity index (χ4v) is 1.41. The molecular formula is C11H11F3N2. The van der Waals surface area contributed by atoms with Crippen molar-refractivity contribution >= 4 is 0 Å². The maximum Gasteiger partial charge on any atom is 0.401 e. The zero-order valence-electron chi connectivity index (χ0n) is 8.75. The van der Waals surface area contributed by atoms with Crippen LogP contribution in [0.25, 0.3) is 0 Å². The minimum Gasteiger partial charge on any atom is -0.294 e. The van der Waals surface area contributed by atoms with Crippen LogP contribution < -0.4 is 0 Å². The molecule has 0 radical (unpaired) electrons. The summed E-state index contributed by atoms with van der Waals surface area (Å²) in [5, 5.41) is 8.64. The van der Waals surface area contributed by atoms with E-state index in [0.29, 0.717) is 11.1 Å². The van der Waals surface area contributed by atoms with Gasteiger partial charge in [-0.1, -0.05) is 12.1 Å². The Hall–Kier alpha value is -1.54. The van der Waals surface area contributed by atoms with E-state index in [1.165, 1.54) is 7.05 Å². The number of hydrogen-bond donors (Lipinski definition) is 0. The molecular weight excluding hydrogens is 217 g/mol. The van der Waals surface area contributed by atoms with Crippen LogP contribution in [0.15, 0.2) is 24.3 Å². The first-order chi connectivity index (χ1) is 7.40. The molecule has 0 aliphatic heterocycles. The first-order valence-electron chi connectivity index (χ1n) is 4.65. The van der Waals surface area contributed by atoms with Gasteiger partial charge >= 0.3 is 6.18 Å². The molecule has 0 fully saturated rings. The molecule has 0 aliphatic carbocycles. The molecule has 0 saturated heterocycles. The van der Waals surface area contributed by atoms with Crippen molar-refractivity contribution in [3.63, 3.8) is 0 Å². The van der Waals surface area contributed by atoms with Crippen molar-refractivity contribution in [2.45, 2.75) is 12.7 Å². The summed E-state index contributed by atoms with van der Waals surface area (Å²) in [6, 6.07) is 8.52. The van der Waals surface area contributed by atoms with Gasteiger partial charge in [-0.15, -0.1) is 0 Å². The first kappa shape index (κ1) is 12.5. The molecule has 0 spiro atoms. The third-order valence-electron chi connectivity index (χ3n) is 1.96. The SMILES string of the molecule is CN(Cc1cccc(C#N)c1)CC(F)(F)F. The standard InChI is InChI=1S/C11H11F3N2/c1-16(8-11(12,13)14)7-10-4-2-3-9(5-10)6-15/h2-5H,7-8H2,1H3. The highest BCUT2D eigenvalue weighted by Crippen LogP contribution is 2.17. The summed E-state index contributed by atoms with van der Waals surface area (Å²) >= 11 is 0. The number of nitriles is 1. The van der Waals surface area contributed by atoms with Gasteiger partial charge in [0.15, 0.2) is 0 Å². The van der Waals surface area contributed by atoms with Crippen molar-refractivity contribution in [3.8, 4) is 6.07 Å². The zero-order chi connectivity index (χ0) is 12.2. The third-order valence-corrected chi connectivity index (χ3v) is 1.96. The molecule has 1 aromatic rings. The van der Waals surface area contributed by atoms with Crippen LogP contribution in [-0.4, -0.2) is 24.7 Å². The van der Waals surface area contributed by atoms with Crippen LogP contribution in [0.4, 0.5) is 13.2 Å². The quantitative estimate of drug-likeness (QED) is 0.795. The van der Waals surface area contributed by atoms with E-state index in [1.54, 1.807) is 24.3 Å². The van der Waals surface area contributed by atoms with Gasteiger partial charge in [-0.05, 0) is 24.7 Å². The molecule has 0 bridgehead atoms. The van der Waals surface area contributed by atoms with E-state index < -0.39 is 12.7 Å². The van der Waals surface area contributed by atoms with Gasteiger partial charge in [0.2, 0.25) is 0 Å². The molecule has 1 aromatic carbocycles. The van der Waals surface area contributed by atoms with E-state index in [0.717, 1.165) is 4.90 Å². The van der Waals surface area contributed by atoms with Crippen molar-refractivity contribution in [1.29, 1.82) is 5.26 Å². The fourth-order valence-electron chi connectivity index (χ4n) is 1.41. The summed E-state index contributed by atoms with van der Waals surface area (Å²) in [6.07, 6.45) is -4.19. The van der Waals surface area contributed by atoms with Crippen LogP contribution >= 0.6 is 0 Å². The average Bonchev–Trinajstić information content (AvgIpc) is 2.15. The number of nitrogens with zero attached hydrogens (tertiary/aromatic N) is 2. The molecule has 0 saturated carbocycles. The van der Waals surface area contributed by atoms with E-state index in [-0.39, 0.29) is 6.54 Å². The highest BCUT2D eigenvalue weighted by Gasteiger charge is 2.28. The van der Waals surface area contributed by atoms with Gasteiger partial charge in [0.1, 0.15) is 0 Å². The highest BCUT2D eigenvalue weighted by atomic mass is 19.4. The summed E-state index contributed by atoms with van der Waals surface area (Å²) in [6.45, 7) is -0.779. The molecule has 0 atom stereocenters. The molecule has 16 heavy (non-hydrogen) atoms. The van der Waals surface area contributed by atoms with Gasteiger partial charge in [0.25, 0.3) is 0 Å². The van der Waals surface area contributed by atoms with E-state index in [1.807, 2.05) is 6.07 Å². The summed E-state index contributed by atoms with van der Waals surface area (Å²) < 4.78 is 36.2. The number of rotatable bonds is 3. The Kier molecular flexibility index (Phi) is 3.91. The second-order valence-corrected chi connectivity index (χ2v) is 3.60. The van der Waals surface area contributed by atoms with Crippen LogP contribution in [0, 0.1) is 11.3 Å². The lowest BCUT2D eigenvalue weighted by atomic mass is 10.1. The van der Waals surface area contributed by atoms with Crippen LogP contribution in [0.1, 0.15) is 11.1 Å². The highest BCUT2D eigenvalue weighted by molar-refractivity contribution is 5.32. The van der Waals surface area contributed by atoms with Crippen LogP contribution in [0.3, 0.4) is 0 Å². The third kappa shape index (κ3) is 4.32. The lowest BCUT2D eigenvalue weighted by Gasteiger charge is -2.18. The molecule has 0 aliphatic rings. The zero-order valence-corrected chi connectivity index (χ0v) is 8.75. The Morgan fingerprint density at radius 3 is 2.62 bits per heavy atom. The molecule has 0 aromatic heterocycles. The van der Waals surface area contributed by atoms with Crippen molar-refractivity contribution in [1.82, 2.24) is 4.90 Å². The Morgan fingerprint density at radius 1 is 1.38 bits per heavy atom. The van der Waals surface area contributed by atoms with Crippen LogP contribution in [-0.2, 0) is 6.54 Å². The molecule has 86 valence electrons. The van der Waals surface area contributed by atoms with E-state index in [9.17, 15) is 13.2 Å². The number of halogens is 3. The molecule has 0 unspecified atom stereocenters. The van der Waals surface area contributed by atoms with Gasteiger partial charge in [-0.3, -0.25) is 4.90 Å². The van der Waals surface area contributed by atoms with E-state index >= 15 is 0 Å². The van der Waals surface area contributed by atoms with Gasteiger partial charge < -0.3 is 0 Å². The van der Waals surface area contributed by atoms with Crippen molar-refractivity contribution in [2.75, 3.05) is 13.6 Å². The van der Waals surface area contributed by atoms with Crippen molar-refractivity contribution < 1.29 is 13.2 Å². The minimum absolute atomic E-state index is 0.176. The van der Waals surface area contributed by atoms with Crippen LogP contribution in [0.5, 0.6) is 0 Å². The Morgan fingerprint density at radius 2 is 2.06 bits per heavy atom. The van der Waals surface area contributed by atoms with E-state index in [2.05, 4.69) is 0 Å². The summed E-state index contributed by atoms with van der Waals surface area (Å²) in [5.41, 5.74) is 1.16. The lowest BCUT2D eigenvalue weighted by molar-refractivity contribution is -0.144. The summed E-state index contributed by atoms with van der Waals surface area (Å²) in [7, 11) is 1.40. The minimum atomic E-state index is -4.19. The van der Waals surface area contributed by atoms with Gasteiger partial charge in [-0.2, -0.15) is 18.4 Å². The Balaban J connectivity index is 2.63. The number of hydrogen-bond acceptors (Lipinski definition) is 2. The molecule has 0 N–H and O–H groups in total. The van der Waals surface area contributed by atoms with Gasteiger partial charge in [0, 0.05) is 6.54 Å². The molecule has 2 nitrogen and oxygen atoms in total. The second kappa shape index (κ2) is 4.99. The molecule has 0 amide bonds. The monoisotopic (exact) mass is 228 g/mol. The first-order valence-corrected chi connectivity index (χ1v) is 4.65. The summed E-state index contributed by atoms with van der Waals surface area (Å²) in [5.74, 6) is 0. The fraction of sp³-hybridized carbons (Fsp3) is 0.364. The maximum absolute atomic E-state index is 12.1. The maximum atomic E-state index is 12.1. The van der Waals surface area contributed by atoms with Crippen molar-refractivity contribution in [3.05, 3.63) is 35.4 Å². The summed E-state index contributed by atoms with van der Waals surface area (Å²) in [4.78, 5) is 1.16. The van der Waals surface area contributed by atoms with Crippen molar-refractivity contribution in [2.24, 2.45) is 0 Å². The molecule has 1 rings (SSSR count). The van der Waals surface area contributed by atoms with E-state index in [4.69, 9.17) is 5.26 Å². The lowest BCUT2D eigenvalue weighted by Crippen LogP contribution is -2.30. The van der Waals surface area contributed by atoms with Gasteiger partial charge in [0.05, 0.1) is 18.2 Å². The number of alkyl halides is 3. The average molecular weight is 228 g/mol. The molecule has 5 heteroatoms. The molecule has 0 heterocycles. The largest absolute Gasteiger partial charge is 0.401 e. The smallest absolute Gasteiger partial charge is 0.294 e. The number of benzene rings is 1. The van der Waals surface area contributed by atoms with Gasteiger partial charge in [-0.25, -0.2) is 0 Å². The second-order valence-electron chi connectivity index (χ2n) is 3.60.